The molecule has 2 aromatic carbocycles. The molecule has 0 radical (unpaired) electrons. The molecule has 2 rings (SSSR count). The second-order valence-corrected chi connectivity index (χ2v) is 4.89. The molecule has 1 N–H and O–H groups in total. The van der Waals surface area contributed by atoms with Crippen molar-refractivity contribution in [3.8, 4) is 0 Å². The lowest BCUT2D eigenvalue weighted by molar-refractivity contribution is -0.149. The SMILES string of the molecule is CC[C@@H](C(=O)OCC(=O)Nc1ccccc1)c1ccccc1. The summed E-state index contributed by atoms with van der Waals surface area (Å²) in [6.45, 7) is 1.64. The van der Waals surface area contributed by atoms with Crippen LogP contribution in [0.2, 0.25) is 0 Å². The number of rotatable bonds is 6. The molecule has 0 fully saturated rings. The van der Waals surface area contributed by atoms with Crippen molar-refractivity contribution in [2.45, 2.75) is 19.3 Å². The molecule has 4 heteroatoms. The summed E-state index contributed by atoms with van der Waals surface area (Å²) in [5.41, 5.74) is 1.58. The van der Waals surface area contributed by atoms with Crippen molar-refractivity contribution in [1.82, 2.24) is 0 Å². The van der Waals surface area contributed by atoms with Gasteiger partial charge in [0.15, 0.2) is 6.61 Å². The highest BCUT2D eigenvalue weighted by Gasteiger charge is 2.20. The summed E-state index contributed by atoms with van der Waals surface area (Å²) in [7, 11) is 0. The van der Waals surface area contributed by atoms with E-state index in [1.54, 1.807) is 12.1 Å². The van der Waals surface area contributed by atoms with Crippen molar-refractivity contribution in [1.29, 1.82) is 0 Å². The predicted octanol–water partition coefficient (Wildman–Crippen LogP) is 3.36. The molecule has 0 heterocycles. The highest BCUT2D eigenvalue weighted by molar-refractivity contribution is 5.93. The van der Waals surface area contributed by atoms with Crippen LogP contribution in [0, 0.1) is 0 Å². The van der Waals surface area contributed by atoms with Gasteiger partial charge in [-0.15, -0.1) is 0 Å². The van der Waals surface area contributed by atoms with E-state index in [0.29, 0.717) is 12.1 Å². The van der Waals surface area contributed by atoms with Crippen LogP contribution in [0.15, 0.2) is 60.7 Å². The highest BCUT2D eigenvalue weighted by Crippen LogP contribution is 2.20. The third-order valence-electron chi connectivity index (χ3n) is 3.30. The second kappa shape index (κ2) is 7.98. The Morgan fingerprint density at radius 3 is 2.18 bits per heavy atom. The standard InChI is InChI=1S/C18H19NO3/c1-2-16(14-9-5-3-6-10-14)18(21)22-13-17(20)19-15-11-7-4-8-12-15/h3-12,16H,2,13H2,1H3,(H,19,20)/t16-/m1/s1. The zero-order chi connectivity index (χ0) is 15.8. The fourth-order valence-corrected chi connectivity index (χ4v) is 2.18. The van der Waals surface area contributed by atoms with Gasteiger partial charge in [-0.05, 0) is 24.1 Å². The fraction of sp³-hybridized carbons (Fsp3) is 0.222. The number of ether oxygens (including phenoxy) is 1. The van der Waals surface area contributed by atoms with Crippen molar-refractivity contribution in [2.24, 2.45) is 0 Å². The van der Waals surface area contributed by atoms with E-state index in [0.717, 1.165) is 5.56 Å². The summed E-state index contributed by atoms with van der Waals surface area (Å²) >= 11 is 0. The van der Waals surface area contributed by atoms with Crippen LogP contribution in [0.3, 0.4) is 0 Å². The number of hydrogen-bond acceptors (Lipinski definition) is 3. The third-order valence-corrected chi connectivity index (χ3v) is 3.30. The lowest BCUT2D eigenvalue weighted by atomic mass is 9.97. The van der Waals surface area contributed by atoms with Gasteiger partial charge in [-0.25, -0.2) is 0 Å². The first-order valence-electron chi connectivity index (χ1n) is 7.27. The maximum Gasteiger partial charge on any atom is 0.313 e. The van der Waals surface area contributed by atoms with Crippen LogP contribution < -0.4 is 5.32 Å². The molecule has 0 bridgehead atoms. The quantitative estimate of drug-likeness (QED) is 0.832. The van der Waals surface area contributed by atoms with Crippen LogP contribution in [-0.4, -0.2) is 18.5 Å². The van der Waals surface area contributed by atoms with Gasteiger partial charge in [0.25, 0.3) is 5.91 Å². The van der Waals surface area contributed by atoms with Gasteiger partial charge < -0.3 is 10.1 Å². The van der Waals surface area contributed by atoms with Gasteiger partial charge in [0.1, 0.15) is 0 Å². The summed E-state index contributed by atoms with van der Waals surface area (Å²) < 4.78 is 5.13. The van der Waals surface area contributed by atoms with Crippen LogP contribution in [0.1, 0.15) is 24.8 Å². The number of benzene rings is 2. The molecule has 22 heavy (non-hydrogen) atoms. The second-order valence-electron chi connectivity index (χ2n) is 4.89. The van der Waals surface area contributed by atoms with E-state index in [9.17, 15) is 9.59 Å². The van der Waals surface area contributed by atoms with Gasteiger partial charge in [0.05, 0.1) is 5.92 Å². The first-order chi connectivity index (χ1) is 10.7. The number of hydrogen-bond donors (Lipinski definition) is 1. The van der Waals surface area contributed by atoms with Gasteiger partial charge >= 0.3 is 5.97 Å². The molecule has 1 amide bonds. The number of para-hydroxylation sites is 1. The molecular weight excluding hydrogens is 278 g/mol. The number of amides is 1. The van der Waals surface area contributed by atoms with Crippen molar-refractivity contribution in [3.63, 3.8) is 0 Å². The molecule has 2 aromatic rings. The topological polar surface area (TPSA) is 55.4 Å². The molecule has 0 saturated carbocycles. The zero-order valence-electron chi connectivity index (χ0n) is 12.5. The largest absolute Gasteiger partial charge is 0.455 e. The average Bonchev–Trinajstić information content (AvgIpc) is 2.55. The van der Waals surface area contributed by atoms with E-state index in [-0.39, 0.29) is 24.4 Å². The van der Waals surface area contributed by atoms with Crippen LogP contribution in [-0.2, 0) is 14.3 Å². The minimum atomic E-state index is -0.378. The Bertz CT molecular complexity index is 611. The summed E-state index contributed by atoms with van der Waals surface area (Å²) in [6.07, 6.45) is 0.628. The molecule has 1 atom stereocenters. The maximum atomic E-state index is 12.1. The Morgan fingerprint density at radius 2 is 1.59 bits per heavy atom. The van der Waals surface area contributed by atoms with Crippen LogP contribution >= 0.6 is 0 Å². The first-order valence-corrected chi connectivity index (χ1v) is 7.27. The minimum absolute atomic E-state index is 0.281. The number of nitrogens with one attached hydrogen (secondary N) is 1. The van der Waals surface area contributed by atoms with Gasteiger partial charge in [0, 0.05) is 5.69 Å². The zero-order valence-corrected chi connectivity index (χ0v) is 12.5. The maximum absolute atomic E-state index is 12.1. The fourth-order valence-electron chi connectivity index (χ4n) is 2.18. The summed E-state index contributed by atoms with van der Waals surface area (Å²) in [5, 5.41) is 2.68. The van der Waals surface area contributed by atoms with E-state index < -0.39 is 0 Å². The summed E-state index contributed by atoms with van der Waals surface area (Å²) in [4.78, 5) is 23.9. The Kier molecular flexibility index (Phi) is 5.72. The molecule has 0 saturated heterocycles. The molecule has 0 aromatic heterocycles. The molecule has 0 aliphatic heterocycles. The van der Waals surface area contributed by atoms with Crippen molar-refractivity contribution in [3.05, 3.63) is 66.2 Å². The molecule has 0 spiro atoms. The Labute approximate surface area is 130 Å². The normalized spacial score (nSPS) is 11.5. The van der Waals surface area contributed by atoms with E-state index in [1.807, 2.05) is 55.5 Å². The smallest absolute Gasteiger partial charge is 0.313 e. The molecule has 0 aliphatic rings. The third kappa shape index (κ3) is 4.45. The predicted molar refractivity (Wildman–Crippen MR) is 85.5 cm³/mol. The molecule has 0 aliphatic carbocycles. The molecule has 0 unspecified atom stereocenters. The molecule has 4 nitrogen and oxygen atoms in total. The van der Waals surface area contributed by atoms with Crippen LogP contribution in [0.4, 0.5) is 5.69 Å². The highest BCUT2D eigenvalue weighted by atomic mass is 16.5. The number of carbonyl (C=O) groups is 2. The van der Waals surface area contributed by atoms with Crippen molar-refractivity contribution >= 4 is 17.6 Å². The summed E-state index contributed by atoms with van der Waals surface area (Å²) in [6, 6.07) is 18.5. The van der Waals surface area contributed by atoms with Gasteiger partial charge in [0.2, 0.25) is 0 Å². The Balaban J connectivity index is 1.87. The van der Waals surface area contributed by atoms with E-state index in [1.165, 1.54) is 0 Å². The Hall–Kier alpha value is -2.62. The van der Waals surface area contributed by atoms with Crippen LogP contribution in [0.25, 0.3) is 0 Å². The minimum Gasteiger partial charge on any atom is -0.455 e. The number of esters is 1. The molecular formula is C18H19NO3. The summed E-state index contributed by atoms with van der Waals surface area (Å²) in [5.74, 6) is -1.06. The van der Waals surface area contributed by atoms with E-state index >= 15 is 0 Å². The number of carbonyl (C=O) groups excluding carboxylic acids is 2. The monoisotopic (exact) mass is 297 g/mol. The van der Waals surface area contributed by atoms with Gasteiger partial charge in [-0.1, -0.05) is 55.5 Å². The molecule has 114 valence electrons. The van der Waals surface area contributed by atoms with Crippen molar-refractivity contribution < 1.29 is 14.3 Å². The van der Waals surface area contributed by atoms with Crippen LogP contribution in [0.5, 0.6) is 0 Å². The lowest BCUT2D eigenvalue weighted by Gasteiger charge is -2.14. The lowest BCUT2D eigenvalue weighted by Crippen LogP contribution is -2.23. The van der Waals surface area contributed by atoms with Gasteiger partial charge in [-0.2, -0.15) is 0 Å². The first kappa shape index (κ1) is 15.8. The van der Waals surface area contributed by atoms with E-state index in [4.69, 9.17) is 4.74 Å². The van der Waals surface area contributed by atoms with E-state index in [2.05, 4.69) is 5.32 Å². The van der Waals surface area contributed by atoms with Gasteiger partial charge in [-0.3, -0.25) is 9.59 Å². The average molecular weight is 297 g/mol. The Morgan fingerprint density at radius 1 is 1.00 bits per heavy atom. The van der Waals surface area contributed by atoms with Crippen molar-refractivity contribution in [2.75, 3.05) is 11.9 Å². The number of anilines is 1.